The molecule has 0 saturated carbocycles. The molecule has 0 aliphatic carbocycles. The van der Waals surface area contributed by atoms with E-state index in [0.29, 0.717) is 11.5 Å². The maximum Gasteiger partial charge on any atom is 0.276 e. The number of aryl methyl sites for hydroxylation is 3. The third kappa shape index (κ3) is 6.12. The number of nitrogens with one attached hydrogen (secondary N) is 2. The highest BCUT2D eigenvalue weighted by atomic mass is 16.5. The second kappa shape index (κ2) is 9.46. The first-order valence-electron chi connectivity index (χ1n) is 8.47. The van der Waals surface area contributed by atoms with Crippen molar-refractivity contribution < 1.29 is 19.1 Å². The van der Waals surface area contributed by atoms with E-state index >= 15 is 0 Å². The molecule has 6 heteroatoms. The highest BCUT2D eigenvalue weighted by molar-refractivity contribution is 5.83. The summed E-state index contributed by atoms with van der Waals surface area (Å²) in [5.41, 5.74) is 7.74. The zero-order valence-corrected chi connectivity index (χ0v) is 15.3. The van der Waals surface area contributed by atoms with E-state index < -0.39 is 11.8 Å². The highest BCUT2D eigenvalue weighted by Gasteiger charge is 2.08. The summed E-state index contributed by atoms with van der Waals surface area (Å²) in [5, 5.41) is 0. The molecule has 0 fully saturated rings. The van der Waals surface area contributed by atoms with E-state index in [1.165, 1.54) is 0 Å². The lowest BCUT2D eigenvalue weighted by Gasteiger charge is -2.12. The van der Waals surface area contributed by atoms with Crippen molar-refractivity contribution in [2.75, 3.05) is 13.2 Å². The van der Waals surface area contributed by atoms with Crippen LogP contribution >= 0.6 is 0 Å². The molecule has 26 heavy (non-hydrogen) atoms. The van der Waals surface area contributed by atoms with Gasteiger partial charge in [0, 0.05) is 0 Å². The SMILES string of the molecule is CCc1ccccc1OCC(=O)NNC(=O)COc1cc(C)cc(C)c1. The second-order valence-corrected chi connectivity index (χ2v) is 5.96. The highest BCUT2D eigenvalue weighted by Crippen LogP contribution is 2.18. The second-order valence-electron chi connectivity index (χ2n) is 5.96. The number of hydrazine groups is 1. The number of carbonyl (C=O) groups is 2. The van der Waals surface area contributed by atoms with Gasteiger partial charge in [-0.1, -0.05) is 31.2 Å². The first kappa shape index (κ1) is 19.3. The fourth-order valence-electron chi connectivity index (χ4n) is 2.46. The standard InChI is InChI=1S/C20H24N2O4/c1-4-16-7-5-6-8-18(16)26-13-20(24)22-21-19(23)12-25-17-10-14(2)9-15(3)11-17/h5-11H,4,12-13H2,1-3H3,(H,21,23)(H,22,24). The molecule has 2 aromatic rings. The molecule has 0 saturated heterocycles. The van der Waals surface area contributed by atoms with E-state index in [4.69, 9.17) is 9.47 Å². The van der Waals surface area contributed by atoms with Crippen molar-refractivity contribution in [3.63, 3.8) is 0 Å². The van der Waals surface area contributed by atoms with Crippen molar-refractivity contribution in [3.8, 4) is 11.5 Å². The van der Waals surface area contributed by atoms with Crippen LogP contribution in [0.1, 0.15) is 23.6 Å². The number of rotatable bonds is 7. The van der Waals surface area contributed by atoms with Gasteiger partial charge in [0.15, 0.2) is 13.2 Å². The van der Waals surface area contributed by atoms with Gasteiger partial charge in [0.1, 0.15) is 11.5 Å². The van der Waals surface area contributed by atoms with Gasteiger partial charge in [-0.05, 0) is 55.2 Å². The average molecular weight is 356 g/mol. The van der Waals surface area contributed by atoms with Gasteiger partial charge in [-0.3, -0.25) is 20.4 Å². The van der Waals surface area contributed by atoms with Crippen LogP contribution in [0.4, 0.5) is 0 Å². The Morgan fingerprint density at radius 1 is 0.885 bits per heavy atom. The third-order valence-corrected chi connectivity index (χ3v) is 3.62. The molecule has 0 aliphatic rings. The predicted molar refractivity (Wildman–Crippen MR) is 99.0 cm³/mol. The average Bonchev–Trinajstić information content (AvgIpc) is 2.62. The minimum atomic E-state index is -0.452. The topological polar surface area (TPSA) is 76.7 Å². The molecule has 0 atom stereocenters. The summed E-state index contributed by atoms with van der Waals surface area (Å²) in [6, 6.07) is 13.2. The van der Waals surface area contributed by atoms with E-state index in [9.17, 15) is 9.59 Å². The van der Waals surface area contributed by atoms with Gasteiger partial charge in [0.2, 0.25) is 0 Å². The number of para-hydroxylation sites is 1. The summed E-state index contributed by atoms with van der Waals surface area (Å²) < 4.78 is 10.9. The maximum absolute atomic E-state index is 11.8. The molecule has 0 aliphatic heterocycles. The van der Waals surface area contributed by atoms with Crippen LogP contribution in [0.15, 0.2) is 42.5 Å². The number of hydrogen-bond donors (Lipinski definition) is 2. The Bertz CT molecular complexity index is 754. The van der Waals surface area contributed by atoms with Crippen LogP contribution in [-0.2, 0) is 16.0 Å². The monoisotopic (exact) mass is 356 g/mol. The Morgan fingerprint density at radius 3 is 2.08 bits per heavy atom. The predicted octanol–water partition coefficient (Wildman–Crippen LogP) is 2.47. The van der Waals surface area contributed by atoms with Gasteiger partial charge in [0.05, 0.1) is 0 Å². The molecule has 6 nitrogen and oxygen atoms in total. The molecule has 0 unspecified atom stereocenters. The molecule has 0 heterocycles. The van der Waals surface area contributed by atoms with E-state index in [1.807, 2.05) is 63.2 Å². The Balaban J connectivity index is 1.72. The Hall–Kier alpha value is -3.02. The third-order valence-electron chi connectivity index (χ3n) is 3.62. The van der Waals surface area contributed by atoms with Gasteiger partial charge in [-0.25, -0.2) is 0 Å². The largest absolute Gasteiger partial charge is 0.484 e. The summed E-state index contributed by atoms with van der Waals surface area (Å²) >= 11 is 0. The minimum absolute atomic E-state index is 0.185. The first-order valence-corrected chi connectivity index (χ1v) is 8.47. The zero-order valence-electron chi connectivity index (χ0n) is 15.3. The Kier molecular flexibility index (Phi) is 7.02. The maximum atomic E-state index is 11.8. The summed E-state index contributed by atoms with van der Waals surface area (Å²) in [6.45, 7) is 5.55. The van der Waals surface area contributed by atoms with Crippen molar-refractivity contribution in [1.29, 1.82) is 0 Å². The molecule has 138 valence electrons. The summed E-state index contributed by atoms with van der Waals surface area (Å²) in [6.07, 6.45) is 0.810. The van der Waals surface area contributed by atoms with Crippen molar-refractivity contribution in [1.82, 2.24) is 10.9 Å². The molecule has 2 N–H and O–H groups in total. The first-order chi connectivity index (χ1) is 12.5. The molecule has 2 rings (SSSR count). The van der Waals surface area contributed by atoms with Gasteiger partial charge in [-0.2, -0.15) is 0 Å². The number of amides is 2. The molecule has 0 aromatic heterocycles. The number of benzene rings is 2. The van der Waals surface area contributed by atoms with Gasteiger partial charge >= 0.3 is 0 Å². The van der Waals surface area contributed by atoms with Crippen LogP contribution in [0.5, 0.6) is 11.5 Å². The lowest BCUT2D eigenvalue weighted by molar-refractivity contribution is -0.131. The van der Waals surface area contributed by atoms with Gasteiger partial charge in [0.25, 0.3) is 11.8 Å². The van der Waals surface area contributed by atoms with Crippen LogP contribution in [0.2, 0.25) is 0 Å². The molecular weight excluding hydrogens is 332 g/mol. The summed E-state index contributed by atoms with van der Waals surface area (Å²) in [7, 11) is 0. The zero-order chi connectivity index (χ0) is 18.9. The number of hydrogen-bond acceptors (Lipinski definition) is 4. The quantitative estimate of drug-likeness (QED) is 0.747. The molecular formula is C20H24N2O4. The van der Waals surface area contributed by atoms with E-state index in [2.05, 4.69) is 10.9 Å². The Labute approximate surface area is 153 Å². The fraction of sp³-hybridized carbons (Fsp3) is 0.300. The molecule has 0 spiro atoms. The molecule has 0 radical (unpaired) electrons. The molecule has 0 bridgehead atoms. The molecule has 2 amide bonds. The van der Waals surface area contributed by atoms with E-state index in [-0.39, 0.29) is 13.2 Å². The van der Waals surface area contributed by atoms with Gasteiger partial charge in [-0.15, -0.1) is 0 Å². The van der Waals surface area contributed by atoms with E-state index in [0.717, 1.165) is 23.1 Å². The van der Waals surface area contributed by atoms with Crippen LogP contribution in [0.25, 0.3) is 0 Å². The minimum Gasteiger partial charge on any atom is -0.484 e. The van der Waals surface area contributed by atoms with Crippen LogP contribution in [-0.4, -0.2) is 25.0 Å². The summed E-state index contributed by atoms with van der Waals surface area (Å²) in [4.78, 5) is 23.6. The number of carbonyl (C=O) groups excluding carboxylic acids is 2. The normalized spacial score (nSPS) is 10.1. The number of ether oxygens (including phenoxy) is 2. The fourth-order valence-corrected chi connectivity index (χ4v) is 2.46. The van der Waals surface area contributed by atoms with Crippen LogP contribution in [0, 0.1) is 13.8 Å². The smallest absolute Gasteiger partial charge is 0.276 e. The van der Waals surface area contributed by atoms with Crippen LogP contribution < -0.4 is 20.3 Å². The van der Waals surface area contributed by atoms with Crippen molar-refractivity contribution in [2.45, 2.75) is 27.2 Å². The lowest BCUT2D eigenvalue weighted by atomic mass is 10.1. The lowest BCUT2D eigenvalue weighted by Crippen LogP contribution is -2.45. The van der Waals surface area contributed by atoms with E-state index in [1.54, 1.807) is 0 Å². The molecule has 2 aromatic carbocycles. The summed E-state index contributed by atoms with van der Waals surface area (Å²) in [5.74, 6) is 0.375. The Morgan fingerprint density at radius 2 is 1.46 bits per heavy atom. The van der Waals surface area contributed by atoms with Crippen molar-refractivity contribution in [2.24, 2.45) is 0 Å². The van der Waals surface area contributed by atoms with Crippen LogP contribution in [0.3, 0.4) is 0 Å². The van der Waals surface area contributed by atoms with Gasteiger partial charge < -0.3 is 9.47 Å². The van der Waals surface area contributed by atoms with Crippen molar-refractivity contribution >= 4 is 11.8 Å². The van der Waals surface area contributed by atoms with Crippen molar-refractivity contribution in [3.05, 3.63) is 59.2 Å².